The van der Waals surface area contributed by atoms with Gasteiger partial charge in [0.25, 0.3) is 0 Å². The van der Waals surface area contributed by atoms with Crippen LogP contribution in [-0.2, 0) is 0 Å². The van der Waals surface area contributed by atoms with Gasteiger partial charge >= 0.3 is 0 Å². The summed E-state index contributed by atoms with van der Waals surface area (Å²) in [5, 5.41) is 2.01. The molecule has 0 N–H and O–H groups in total. The Labute approximate surface area is 104 Å². The van der Waals surface area contributed by atoms with Crippen molar-refractivity contribution in [2.24, 2.45) is 0 Å². The summed E-state index contributed by atoms with van der Waals surface area (Å²) in [6.07, 6.45) is 3.51. The van der Waals surface area contributed by atoms with Crippen LogP contribution in [0, 0.1) is 0 Å². The van der Waals surface area contributed by atoms with E-state index in [-0.39, 0.29) is 0 Å². The van der Waals surface area contributed by atoms with Crippen molar-refractivity contribution in [3.63, 3.8) is 0 Å². The number of aromatic nitrogens is 1. The van der Waals surface area contributed by atoms with Crippen LogP contribution in [0.5, 0.6) is 0 Å². The highest BCUT2D eigenvalue weighted by atomic mass is 79.9. The molecule has 0 spiro atoms. The van der Waals surface area contributed by atoms with Crippen molar-refractivity contribution in [1.82, 2.24) is 4.98 Å². The number of nitrogens with zero attached hydrogens (tertiary/aromatic N) is 2. The lowest BCUT2D eigenvalue weighted by atomic mass is 10.2. The quantitative estimate of drug-likeness (QED) is 0.805. The number of pyridine rings is 1. The zero-order chi connectivity index (χ0) is 11.5. The number of halogens is 1. The molecule has 0 bridgehead atoms. The number of rotatable bonds is 4. The van der Waals surface area contributed by atoms with Gasteiger partial charge in [0.15, 0.2) is 0 Å². The number of alkyl halides is 1. The van der Waals surface area contributed by atoms with Crippen molar-refractivity contribution in [2.45, 2.75) is 19.9 Å². The average molecular weight is 283 g/mol. The molecule has 0 aliphatic rings. The number of fused-ring (bicyclic) bond motifs is 1. The molecule has 2 rings (SSSR count). The first-order chi connectivity index (χ1) is 7.74. The van der Waals surface area contributed by atoms with Gasteiger partial charge in [-0.25, -0.2) is 4.98 Å². The number of anilines is 1. The lowest BCUT2D eigenvalue weighted by Crippen LogP contribution is -2.33. The highest BCUT2D eigenvalue weighted by Crippen LogP contribution is 2.26. The standard InChI is InChI=1S/C12H15BrN2O/c1-9(2)15(7-5-13)12-10-4-8-16-11(10)3-6-14-12/h3-4,6,8-9H,5,7H2,1-2H3. The molecule has 2 aromatic heterocycles. The van der Waals surface area contributed by atoms with E-state index < -0.39 is 0 Å². The SMILES string of the molecule is CC(C)N(CCBr)c1nccc2occc12. The highest BCUT2D eigenvalue weighted by molar-refractivity contribution is 9.09. The Bertz CT molecular complexity index is 467. The topological polar surface area (TPSA) is 29.3 Å². The number of furan rings is 1. The molecule has 16 heavy (non-hydrogen) atoms. The predicted molar refractivity (Wildman–Crippen MR) is 70.3 cm³/mol. The third kappa shape index (κ3) is 2.07. The molecule has 0 saturated heterocycles. The fourth-order valence-corrected chi connectivity index (χ4v) is 2.19. The maximum Gasteiger partial charge on any atom is 0.139 e. The molecule has 0 aromatic carbocycles. The molecule has 2 heterocycles. The van der Waals surface area contributed by atoms with Crippen LogP contribution < -0.4 is 4.90 Å². The van der Waals surface area contributed by atoms with Crippen molar-refractivity contribution in [1.29, 1.82) is 0 Å². The molecule has 0 fully saturated rings. The van der Waals surface area contributed by atoms with Gasteiger partial charge in [0.1, 0.15) is 11.4 Å². The number of hydrogen-bond acceptors (Lipinski definition) is 3. The van der Waals surface area contributed by atoms with E-state index in [2.05, 4.69) is 39.7 Å². The van der Waals surface area contributed by atoms with E-state index in [1.807, 2.05) is 12.1 Å². The summed E-state index contributed by atoms with van der Waals surface area (Å²) in [6.45, 7) is 5.28. The fraction of sp³-hybridized carbons (Fsp3) is 0.417. The monoisotopic (exact) mass is 282 g/mol. The summed E-state index contributed by atoms with van der Waals surface area (Å²) in [7, 11) is 0. The largest absolute Gasteiger partial charge is 0.464 e. The summed E-state index contributed by atoms with van der Waals surface area (Å²) in [5.74, 6) is 1.00. The van der Waals surface area contributed by atoms with Gasteiger partial charge in [-0.2, -0.15) is 0 Å². The Balaban J connectivity index is 2.47. The second-order valence-corrected chi connectivity index (χ2v) is 4.74. The van der Waals surface area contributed by atoms with Crippen LogP contribution in [0.3, 0.4) is 0 Å². The van der Waals surface area contributed by atoms with Crippen molar-refractivity contribution < 1.29 is 4.42 Å². The Hall–Kier alpha value is -1.03. The van der Waals surface area contributed by atoms with E-state index >= 15 is 0 Å². The zero-order valence-electron chi connectivity index (χ0n) is 9.48. The first-order valence-electron chi connectivity index (χ1n) is 5.39. The van der Waals surface area contributed by atoms with Crippen LogP contribution in [0.25, 0.3) is 11.0 Å². The van der Waals surface area contributed by atoms with E-state index in [1.165, 1.54) is 0 Å². The van der Waals surface area contributed by atoms with Gasteiger partial charge in [0, 0.05) is 24.1 Å². The summed E-state index contributed by atoms with van der Waals surface area (Å²) in [5.41, 5.74) is 0.894. The molecule has 0 unspecified atom stereocenters. The van der Waals surface area contributed by atoms with Crippen LogP contribution in [-0.4, -0.2) is 22.9 Å². The van der Waals surface area contributed by atoms with E-state index in [1.54, 1.807) is 12.5 Å². The molecule has 0 atom stereocenters. The average Bonchev–Trinajstić information content (AvgIpc) is 2.73. The Morgan fingerprint density at radius 1 is 1.44 bits per heavy atom. The summed E-state index contributed by atoms with van der Waals surface area (Å²) < 4.78 is 5.39. The molecular formula is C12H15BrN2O. The second-order valence-electron chi connectivity index (χ2n) is 3.94. The maximum atomic E-state index is 5.39. The van der Waals surface area contributed by atoms with Crippen LogP contribution >= 0.6 is 15.9 Å². The normalized spacial score (nSPS) is 11.2. The van der Waals surface area contributed by atoms with Gasteiger partial charge in [-0.3, -0.25) is 0 Å². The minimum atomic E-state index is 0.422. The van der Waals surface area contributed by atoms with E-state index in [0.717, 1.165) is 28.7 Å². The van der Waals surface area contributed by atoms with Gasteiger partial charge in [-0.15, -0.1) is 0 Å². The predicted octanol–water partition coefficient (Wildman–Crippen LogP) is 3.44. The molecule has 0 aliphatic carbocycles. The maximum absolute atomic E-state index is 5.39. The Kier molecular flexibility index (Phi) is 3.49. The van der Waals surface area contributed by atoms with Gasteiger partial charge in [-0.1, -0.05) is 15.9 Å². The lowest BCUT2D eigenvalue weighted by Gasteiger charge is -2.27. The molecular weight excluding hydrogens is 268 g/mol. The minimum Gasteiger partial charge on any atom is -0.464 e. The summed E-state index contributed by atoms with van der Waals surface area (Å²) in [4.78, 5) is 6.73. The second kappa shape index (κ2) is 4.87. The minimum absolute atomic E-state index is 0.422. The van der Waals surface area contributed by atoms with Gasteiger partial charge in [0.05, 0.1) is 11.6 Å². The molecule has 0 radical (unpaired) electrons. The van der Waals surface area contributed by atoms with Crippen LogP contribution in [0.2, 0.25) is 0 Å². The molecule has 86 valence electrons. The van der Waals surface area contributed by atoms with Crippen LogP contribution in [0.15, 0.2) is 29.0 Å². The molecule has 4 heteroatoms. The van der Waals surface area contributed by atoms with Crippen molar-refractivity contribution in [3.05, 3.63) is 24.6 Å². The Morgan fingerprint density at radius 3 is 2.94 bits per heavy atom. The van der Waals surface area contributed by atoms with Crippen molar-refractivity contribution in [2.75, 3.05) is 16.8 Å². The van der Waals surface area contributed by atoms with Gasteiger partial charge in [0.2, 0.25) is 0 Å². The molecule has 0 aliphatic heterocycles. The molecule has 2 aromatic rings. The van der Waals surface area contributed by atoms with E-state index in [4.69, 9.17) is 4.42 Å². The van der Waals surface area contributed by atoms with E-state index in [0.29, 0.717) is 6.04 Å². The van der Waals surface area contributed by atoms with Crippen molar-refractivity contribution in [3.8, 4) is 0 Å². The third-order valence-electron chi connectivity index (χ3n) is 2.58. The van der Waals surface area contributed by atoms with Crippen LogP contribution in [0.1, 0.15) is 13.8 Å². The third-order valence-corrected chi connectivity index (χ3v) is 2.93. The smallest absolute Gasteiger partial charge is 0.139 e. The van der Waals surface area contributed by atoms with Gasteiger partial charge < -0.3 is 9.32 Å². The first-order valence-corrected chi connectivity index (χ1v) is 6.51. The van der Waals surface area contributed by atoms with E-state index in [9.17, 15) is 0 Å². The van der Waals surface area contributed by atoms with Crippen molar-refractivity contribution >= 4 is 32.7 Å². The molecule has 0 saturated carbocycles. The molecule has 3 nitrogen and oxygen atoms in total. The number of hydrogen-bond donors (Lipinski definition) is 0. The van der Waals surface area contributed by atoms with Gasteiger partial charge in [-0.05, 0) is 26.0 Å². The fourth-order valence-electron chi connectivity index (χ4n) is 1.81. The lowest BCUT2D eigenvalue weighted by molar-refractivity contribution is 0.615. The first kappa shape index (κ1) is 11.5. The highest BCUT2D eigenvalue weighted by Gasteiger charge is 2.15. The zero-order valence-corrected chi connectivity index (χ0v) is 11.1. The Morgan fingerprint density at radius 2 is 2.25 bits per heavy atom. The summed E-state index contributed by atoms with van der Waals surface area (Å²) in [6, 6.07) is 4.29. The van der Waals surface area contributed by atoms with Crippen LogP contribution in [0.4, 0.5) is 5.82 Å². The molecule has 0 amide bonds. The summed E-state index contributed by atoms with van der Waals surface area (Å²) >= 11 is 3.48.